The molecule has 0 aromatic heterocycles. The first-order valence-corrected chi connectivity index (χ1v) is 6.23. The molecule has 1 unspecified atom stereocenters. The zero-order valence-electron chi connectivity index (χ0n) is 10.8. The molecule has 19 heavy (non-hydrogen) atoms. The van der Waals surface area contributed by atoms with E-state index in [1.807, 2.05) is 4.90 Å². The number of carbonyl (C=O) groups is 1. The summed E-state index contributed by atoms with van der Waals surface area (Å²) in [6, 6.07) is 6.20. The van der Waals surface area contributed by atoms with Crippen molar-refractivity contribution in [3.05, 3.63) is 35.4 Å². The van der Waals surface area contributed by atoms with Gasteiger partial charge in [-0.15, -0.1) is 0 Å². The molecule has 0 spiro atoms. The zero-order valence-corrected chi connectivity index (χ0v) is 10.8. The summed E-state index contributed by atoms with van der Waals surface area (Å²) in [7, 11) is 0. The fourth-order valence-corrected chi connectivity index (χ4v) is 2.39. The predicted molar refractivity (Wildman–Crippen MR) is 67.0 cm³/mol. The highest BCUT2D eigenvalue weighted by Crippen LogP contribution is 2.31. The number of hydrogen-bond acceptors (Lipinski definition) is 2. The van der Waals surface area contributed by atoms with Crippen molar-refractivity contribution in [2.75, 3.05) is 13.1 Å². The van der Waals surface area contributed by atoms with Gasteiger partial charge < -0.3 is 5.11 Å². The lowest BCUT2D eigenvalue weighted by Crippen LogP contribution is -2.31. The summed E-state index contributed by atoms with van der Waals surface area (Å²) in [5.41, 5.74) is 0.253. The van der Waals surface area contributed by atoms with Crippen molar-refractivity contribution in [2.45, 2.75) is 26.3 Å². The normalized spacial score (nSPS) is 24.0. The third kappa shape index (κ3) is 3.10. The first-order valence-electron chi connectivity index (χ1n) is 6.23. The second kappa shape index (κ2) is 5.25. The van der Waals surface area contributed by atoms with Crippen LogP contribution in [-0.4, -0.2) is 29.1 Å². The summed E-state index contributed by atoms with van der Waals surface area (Å²) in [5, 5.41) is 9.14. The number of nitrogens with zero attached hydrogens (tertiary/aromatic N) is 1. The number of aliphatic carboxylic acids is 1. The minimum absolute atomic E-state index is 0.0144. The minimum atomic E-state index is -2.45. The lowest BCUT2D eigenvalue weighted by molar-refractivity contribution is -0.147. The van der Waals surface area contributed by atoms with Crippen LogP contribution in [0.2, 0.25) is 0 Å². The molecule has 1 atom stereocenters. The molecular formula is C14H17F2NO2. The van der Waals surface area contributed by atoms with Crippen molar-refractivity contribution in [1.29, 1.82) is 0 Å². The Morgan fingerprint density at radius 3 is 2.53 bits per heavy atom. The van der Waals surface area contributed by atoms with Gasteiger partial charge in [-0.1, -0.05) is 24.3 Å². The van der Waals surface area contributed by atoms with E-state index in [1.54, 1.807) is 19.1 Å². The Labute approximate surface area is 110 Å². The van der Waals surface area contributed by atoms with Crippen LogP contribution < -0.4 is 0 Å². The molecule has 0 amide bonds. The second-order valence-electron chi connectivity index (χ2n) is 5.37. The number of carboxylic acids is 1. The highest BCUT2D eigenvalue weighted by atomic mass is 19.3. The van der Waals surface area contributed by atoms with Crippen molar-refractivity contribution in [3.8, 4) is 0 Å². The number of carboxylic acid groups (broad SMARTS) is 1. The first-order chi connectivity index (χ1) is 8.90. The van der Waals surface area contributed by atoms with E-state index in [0.717, 1.165) is 12.1 Å². The standard InChI is InChI=1S/C14H17F2NO2/c1-14(13(18)19)6-7-17(9-14)8-10-2-4-11(5-3-10)12(15)16/h2-5,12H,6-9H2,1H3,(H,18,19). The molecule has 1 aliphatic heterocycles. The SMILES string of the molecule is CC1(C(=O)O)CCN(Cc2ccc(C(F)F)cc2)C1. The number of rotatable bonds is 4. The summed E-state index contributed by atoms with van der Waals surface area (Å²) < 4.78 is 24.8. The second-order valence-corrected chi connectivity index (χ2v) is 5.37. The lowest BCUT2D eigenvalue weighted by Gasteiger charge is -2.20. The van der Waals surface area contributed by atoms with E-state index < -0.39 is 17.8 Å². The summed E-state index contributed by atoms with van der Waals surface area (Å²) in [6.45, 7) is 3.57. The molecule has 3 nitrogen and oxygen atoms in total. The van der Waals surface area contributed by atoms with Crippen LogP contribution in [0.1, 0.15) is 30.9 Å². The Kier molecular flexibility index (Phi) is 3.85. The maximum atomic E-state index is 12.4. The topological polar surface area (TPSA) is 40.5 Å². The van der Waals surface area contributed by atoms with E-state index in [0.29, 0.717) is 19.5 Å². The molecule has 1 saturated heterocycles. The van der Waals surface area contributed by atoms with E-state index in [2.05, 4.69) is 0 Å². The van der Waals surface area contributed by atoms with Crippen LogP contribution in [0, 0.1) is 5.41 Å². The first kappa shape index (κ1) is 13.9. The molecule has 1 aromatic carbocycles. The minimum Gasteiger partial charge on any atom is -0.481 e. The molecule has 1 fully saturated rings. The van der Waals surface area contributed by atoms with Gasteiger partial charge in [0, 0.05) is 18.7 Å². The van der Waals surface area contributed by atoms with Gasteiger partial charge in [-0.05, 0) is 25.5 Å². The zero-order chi connectivity index (χ0) is 14.0. The molecule has 0 aliphatic carbocycles. The van der Waals surface area contributed by atoms with Crippen LogP contribution in [-0.2, 0) is 11.3 Å². The lowest BCUT2D eigenvalue weighted by atomic mass is 9.90. The summed E-state index contributed by atoms with van der Waals surface area (Å²) in [6.07, 6.45) is -1.83. The van der Waals surface area contributed by atoms with Crippen molar-refractivity contribution < 1.29 is 18.7 Å². The Bertz CT molecular complexity index is 461. The number of alkyl halides is 2. The highest BCUT2D eigenvalue weighted by molar-refractivity contribution is 5.74. The van der Waals surface area contributed by atoms with E-state index in [1.165, 1.54) is 12.1 Å². The van der Waals surface area contributed by atoms with Crippen LogP contribution >= 0.6 is 0 Å². The van der Waals surface area contributed by atoms with Crippen LogP contribution in [0.5, 0.6) is 0 Å². The fraction of sp³-hybridized carbons (Fsp3) is 0.500. The van der Waals surface area contributed by atoms with Crippen molar-refractivity contribution in [3.63, 3.8) is 0 Å². The van der Waals surface area contributed by atoms with E-state index >= 15 is 0 Å². The average molecular weight is 269 g/mol. The molecule has 104 valence electrons. The average Bonchev–Trinajstić information content (AvgIpc) is 2.73. The van der Waals surface area contributed by atoms with E-state index in [9.17, 15) is 13.6 Å². The van der Waals surface area contributed by atoms with Crippen LogP contribution in [0.3, 0.4) is 0 Å². The van der Waals surface area contributed by atoms with Gasteiger partial charge in [0.25, 0.3) is 6.43 Å². The van der Waals surface area contributed by atoms with Gasteiger partial charge in [-0.3, -0.25) is 9.69 Å². The Morgan fingerprint density at radius 2 is 2.05 bits per heavy atom. The fourth-order valence-electron chi connectivity index (χ4n) is 2.39. The number of likely N-dealkylation sites (tertiary alicyclic amines) is 1. The monoisotopic (exact) mass is 269 g/mol. The Balaban J connectivity index is 1.97. The molecule has 5 heteroatoms. The van der Waals surface area contributed by atoms with E-state index in [4.69, 9.17) is 5.11 Å². The van der Waals surface area contributed by atoms with Gasteiger partial charge in [0.05, 0.1) is 5.41 Å². The van der Waals surface area contributed by atoms with Crippen LogP contribution in [0.15, 0.2) is 24.3 Å². The third-order valence-corrected chi connectivity index (χ3v) is 3.71. The quantitative estimate of drug-likeness (QED) is 0.913. The molecule has 1 aromatic rings. The molecule has 1 heterocycles. The summed E-state index contributed by atoms with van der Waals surface area (Å²) in [5.74, 6) is -0.775. The largest absolute Gasteiger partial charge is 0.481 e. The van der Waals surface area contributed by atoms with Gasteiger partial charge in [0.2, 0.25) is 0 Å². The molecule has 0 radical (unpaired) electrons. The van der Waals surface area contributed by atoms with Gasteiger partial charge in [0.15, 0.2) is 0 Å². The summed E-state index contributed by atoms with van der Waals surface area (Å²) >= 11 is 0. The Morgan fingerprint density at radius 1 is 1.42 bits per heavy atom. The maximum Gasteiger partial charge on any atom is 0.310 e. The molecule has 0 bridgehead atoms. The van der Waals surface area contributed by atoms with Crippen molar-refractivity contribution >= 4 is 5.97 Å². The predicted octanol–water partition coefficient (Wildman–Crippen LogP) is 2.92. The summed E-state index contributed by atoms with van der Waals surface area (Å²) in [4.78, 5) is 13.2. The maximum absolute atomic E-state index is 12.4. The molecular weight excluding hydrogens is 252 g/mol. The Hall–Kier alpha value is -1.49. The molecule has 1 N–H and O–H groups in total. The number of benzene rings is 1. The van der Waals surface area contributed by atoms with Crippen LogP contribution in [0.25, 0.3) is 0 Å². The molecule has 0 saturated carbocycles. The third-order valence-electron chi connectivity index (χ3n) is 3.71. The van der Waals surface area contributed by atoms with Gasteiger partial charge in [0.1, 0.15) is 0 Å². The van der Waals surface area contributed by atoms with Gasteiger partial charge in [-0.25, -0.2) is 8.78 Å². The smallest absolute Gasteiger partial charge is 0.310 e. The van der Waals surface area contributed by atoms with Gasteiger partial charge in [-0.2, -0.15) is 0 Å². The molecule has 2 rings (SSSR count). The van der Waals surface area contributed by atoms with Gasteiger partial charge >= 0.3 is 5.97 Å². The number of hydrogen-bond donors (Lipinski definition) is 1. The van der Waals surface area contributed by atoms with Crippen LogP contribution in [0.4, 0.5) is 8.78 Å². The van der Waals surface area contributed by atoms with Crippen molar-refractivity contribution in [2.24, 2.45) is 5.41 Å². The van der Waals surface area contributed by atoms with Crippen molar-refractivity contribution in [1.82, 2.24) is 4.90 Å². The highest BCUT2D eigenvalue weighted by Gasteiger charge is 2.40. The number of halogens is 2. The van der Waals surface area contributed by atoms with E-state index in [-0.39, 0.29) is 5.56 Å². The molecule has 1 aliphatic rings.